The quantitative estimate of drug-likeness (QED) is 0.699. The van der Waals surface area contributed by atoms with Crippen LogP contribution < -0.4 is 9.62 Å². The second-order valence-electron chi connectivity index (χ2n) is 7.31. The van der Waals surface area contributed by atoms with Crippen LogP contribution in [-0.4, -0.2) is 33.7 Å². The lowest BCUT2D eigenvalue weighted by Crippen LogP contribution is -2.42. The number of carbonyl (C=O) groups is 1. The molecule has 1 amide bonds. The Morgan fingerprint density at radius 2 is 1.75 bits per heavy atom. The summed E-state index contributed by atoms with van der Waals surface area (Å²) in [7, 11) is -3.56. The van der Waals surface area contributed by atoms with Gasteiger partial charge in [-0.3, -0.25) is 9.10 Å². The van der Waals surface area contributed by atoms with E-state index in [4.69, 9.17) is 0 Å². The van der Waals surface area contributed by atoms with E-state index in [-0.39, 0.29) is 12.5 Å². The normalized spacial score (nSPS) is 12.4. The molecule has 2 aromatic rings. The highest BCUT2D eigenvalue weighted by atomic mass is 32.2. The van der Waals surface area contributed by atoms with E-state index in [9.17, 15) is 13.2 Å². The number of amides is 1. The minimum atomic E-state index is -3.56. The monoisotopic (exact) mass is 402 g/mol. The SMILES string of the molecule is CCC(CNC(=O)CN(c1ccc(C)c(C)c1)S(C)(=O)=O)Cc1ccccc1. The van der Waals surface area contributed by atoms with E-state index >= 15 is 0 Å². The second kappa shape index (κ2) is 9.73. The number of benzene rings is 2. The highest BCUT2D eigenvalue weighted by Gasteiger charge is 2.21. The fraction of sp³-hybridized carbons (Fsp3) is 0.409. The molecule has 0 saturated heterocycles. The molecule has 2 rings (SSSR count). The van der Waals surface area contributed by atoms with E-state index in [1.165, 1.54) is 5.56 Å². The van der Waals surface area contributed by atoms with Crippen molar-refractivity contribution in [3.8, 4) is 0 Å². The number of rotatable bonds is 9. The lowest BCUT2D eigenvalue weighted by molar-refractivity contribution is -0.119. The van der Waals surface area contributed by atoms with Gasteiger partial charge in [0.25, 0.3) is 0 Å². The van der Waals surface area contributed by atoms with Gasteiger partial charge in [-0.2, -0.15) is 0 Å². The molecule has 0 heterocycles. The van der Waals surface area contributed by atoms with Crippen molar-refractivity contribution in [2.75, 3.05) is 23.7 Å². The van der Waals surface area contributed by atoms with Gasteiger partial charge < -0.3 is 5.32 Å². The molecule has 0 bridgehead atoms. The number of carbonyl (C=O) groups excluding carboxylic acids is 1. The van der Waals surface area contributed by atoms with Crippen molar-refractivity contribution in [1.82, 2.24) is 5.32 Å². The Bertz CT molecular complexity index is 895. The Kier molecular flexibility index (Phi) is 7.63. The molecule has 1 atom stereocenters. The van der Waals surface area contributed by atoms with Gasteiger partial charge in [0, 0.05) is 6.54 Å². The summed E-state index contributed by atoms with van der Waals surface area (Å²) in [5.41, 5.74) is 3.81. The van der Waals surface area contributed by atoms with Crippen LogP contribution in [0.3, 0.4) is 0 Å². The van der Waals surface area contributed by atoms with Gasteiger partial charge in [0.2, 0.25) is 15.9 Å². The highest BCUT2D eigenvalue weighted by Crippen LogP contribution is 2.21. The van der Waals surface area contributed by atoms with Crippen LogP contribution in [0, 0.1) is 19.8 Å². The topological polar surface area (TPSA) is 66.5 Å². The van der Waals surface area contributed by atoms with Crippen molar-refractivity contribution in [1.29, 1.82) is 0 Å². The summed E-state index contributed by atoms with van der Waals surface area (Å²) in [5, 5.41) is 2.91. The molecule has 5 nitrogen and oxygen atoms in total. The van der Waals surface area contributed by atoms with Gasteiger partial charge in [-0.1, -0.05) is 49.7 Å². The molecule has 152 valence electrons. The molecule has 2 aromatic carbocycles. The van der Waals surface area contributed by atoms with Gasteiger partial charge in [0.1, 0.15) is 6.54 Å². The minimum absolute atomic E-state index is 0.219. The molecule has 0 fully saturated rings. The lowest BCUT2D eigenvalue weighted by Gasteiger charge is -2.23. The largest absolute Gasteiger partial charge is 0.354 e. The molecule has 0 radical (unpaired) electrons. The molecule has 28 heavy (non-hydrogen) atoms. The van der Waals surface area contributed by atoms with E-state index in [0.29, 0.717) is 18.2 Å². The predicted octanol–water partition coefficient (Wildman–Crippen LogP) is 3.45. The van der Waals surface area contributed by atoms with Gasteiger partial charge in [0.15, 0.2) is 0 Å². The summed E-state index contributed by atoms with van der Waals surface area (Å²) in [6.07, 6.45) is 2.94. The lowest BCUT2D eigenvalue weighted by atomic mass is 9.97. The molecule has 0 aromatic heterocycles. The summed E-state index contributed by atoms with van der Waals surface area (Å²) in [4.78, 5) is 12.5. The summed E-state index contributed by atoms with van der Waals surface area (Å²) in [6.45, 7) is 6.29. The molecule has 0 aliphatic rings. The average Bonchev–Trinajstić information content (AvgIpc) is 2.65. The average molecular weight is 403 g/mol. The molecule has 0 saturated carbocycles. The Balaban J connectivity index is 2.02. The van der Waals surface area contributed by atoms with Crippen LogP contribution in [0.15, 0.2) is 48.5 Å². The zero-order valence-corrected chi connectivity index (χ0v) is 17.9. The van der Waals surface area contributed by atoms with Gasteiger partial charge in [0.05, 0.1) is 11.9 Å². The third-order valence-electron chi connectivity index (χ3n) is 5.00. The Hall–Kier alpha value is -2.34. The van der Waals surface area contributed by atoms with Crippen LogP contribution in [0.25, 0.3) is 0 Å². The first-order valence-corrected chi connectivity index (χ1v) is 11.4. The van der Waals surface area contributed by atoms with Crippen LogP contribution in [-0.2, 0) is 21.2 Å². The smallest absolute Gasteiger partial charge is 0.240 e. The van der Waals surface area contributed by atoms with E-state index in [0.717, 1.165) is 34.5 Å². The van der Waals surface area contributed by atoms with Crippen molar-refractivity contribution < 1.29 is 13.2 Å². The van der Waals surface area contributed by atoms with Crippen LogP contribution in [0.2, 0.25) is 0 Å². The Labute approximate surface area is 168 Å². The maximum absolute atomic E-state index is 12.5. The van der Waals surface area contributed by atoms with E-state index < -0.39 is 10.0 Å². The van der Waals surface area contributed by atoms with Gasteiger partial charge in [-0.25, -0.2) is 8.42 Å². The molecule has 0 aliphatic heterocycles. The molecule has 6 heteroatoms. The number of sulfonamides is 1. The highest BCUT2D eigenvalue weighted by molar-refractivity contribution is 7.92. The second-order valence-corrected chi connectivity index (χ2v) is 9.21. The maximum atomic E-state index is 12.5. The number of nitrogens with zero attached hydrogens (tertiary/aromatic N) is 1. The Morgan fingerprint density at radius 3 is 2.32 bits per heavy atom. The number of anilines is 1. The maximum Gasteiger partial charge on any atom is 0.240 e. The van der Waals surface area contributed by atoms with Crippen molar-refractivity contribution >= 4 is 21.6 Å². The fourth-order valence-corrected chi connectivity index (χ4v) is 3.88. The van der Waals surface area contributed by atoms with Gasteiger partial charge in [-0.05, 0) is 55.0 Å². The molecule has 1 unspecified atom stereocenters. The molecular formula is C22H30N2O3S. The zero-order valence-electron chi connectivity index (χ0n) is 17.1. The first-order chi connectivity index (χ1) is 13.2. The molecule has 0 spiro atoms. The van der Waals surface area contributed by atoms with Crippen molar-refractivity contribution in [3.63, 3.8) is 0 Å². The first kappa shape index (κ1) is 22.0. The number of nitrogens with one attached hydrogen (secondary N) is 1. The summed E-state index contributed by atoms with van der Waals surface area (Å²) < 4.78 is 25.6. The molecule has 0 aliphatic carbocycles. The van der Waals surface area contributed by atoms with Crippen molar-refractivity contribution in [3.05, 3.63) is 65.2 Å². The predicted molar refractivity (Wildman–Crippen MR) is 115 cm³/mol. The minimum Gasteiger partial charge on any atom is -0.354 e. The number of aryl methyl sites for hydroxylation is 2. The standard InChI is InChI=1S/C22H30N2O3S/c1-5-19(14-20-9-7-6-8-10-20)15-23-22(25)16-24(28(4,26)27)21-12-11-17(2)18(3)13-21/h6-13,19H,5,14-16H2,1-4H3,(H,23,25). The third kappa shape index (κ3) is 6.37. The fourth-order valence-electron chi connectivity index (χ4n) is 3.03. The van der Waals surface area contributed by atoms with Crippen LogP contribution in [0.5, 0.6) is 0 Å². The van der Waals surface area contributed by atoms with E-state index in [1.807, 2.05) is 38.1 Å². The van der Waals surface area contributed by atoms with Crippen LogP contribution in [0.1, 0.15) is 30.0 Å². The van der Waals surface area contributed by atoms with Crippen LogP contribution in [0.4, 0.5) is 5.69 Å². The summed E-state index contributed by atoms with van der Waals surface area (Å²) in [6, 6.07) is 15.6. The Morgan fingerprint density at radius 1 is 1.07 bits per heavy atom. The number of hydrogen-bond acceptors (Lipinski definition) is 3. The van der Waals surface area contributed by atoms with E-state index in [1.54, 1.807) is 12.1 Å². The summed E-state index contributed by atoms with van der Waals surface area (Å²) >= 11 is 0. The first-order valence-electron chi connectivity index (χ1n) is 9.56. The van der Waals surface area contributed by atoms with Gasteiger partial charge >= 0.3 is 0 Å². The molecule has 1 N–H and O–H groups in total. The van der Waals surface area contributed by atoms with Crippen LogP contribution >= 0.6 is 0 Å². The van der Waals surface area contributed by atoms with E-state index in [2.05, 4.69) is 24.4 Å². The number of hydrogen-bond donors (Lipinski definition) is 1. The van der Waals surface area contributed by atoms with Crippen molar-refractivity contribution in [2.24, 2.45) is 5.92 Å². The van der Waals surface area contributed by atoms with Crippen molar-refractivity contribution in [2.45, 2.75) is 33.6 Å². The van der Waals surface area contributed by atoms with Gasteiger partial charge in [-0.15, -0.1) is 0 Å². The third-order valence-corrected chi connectivity index (χ3v) is 6.14. The molecular weight excluding hydrogens is 372 g/mol. The zero-order chi connectivity index (χ0) is 20.7. The summed E-state index contributed by atoms with van der Waals surface area (Å²) in [5.74, 6) is 0.00909.